The summed E-state index contributed by atoms with van der Waals surface area (Å²) in [5.74, 6) is -0.299. The van der Waals surface area contributed by atoms with Crippen LogP contribution in [-0.4, -0.2) is 29.9 Å². The third-order valence-electron chi connectivity index (χ3n) is 4.59. The molecule has 0 spiro atoms. The molecule has 0 atom stereocenters. The van der Waals surface area contributed by atoms with Crippen LogP contribution in [0, 0.1) is 0 Å². The van der Waals surface area contributed by atoms with Crippen LogP contribution in [0.2, 0.25) is 0 Å². The van der Waals surface area contributed by atoms with Crippen molar-refractivity contribution in [3.8, 4) is 0 Å². The van der Waals surface area contributed by atoms with E-state index in [0.717, 1.165) is 25.1 Å². The summed E-state index contributed by atoms with van der Waals surface area (Å²) in [6.07, 6.45) is 3.71. The van der Waals surface area contributed by atoms with Gasteiger partial charge in [-0.15, -0.1) is 11.3 Å². The van der Waals surface area contributed by atoms with Crippen LogP contribution >= 0.6 is 11.3 Å². The first-order valence-electron chi connectivity index (χ1n) is 9.13. The zero-order valence-corrected chi connectivity index (χ0v) is 16.0. The molecule has 0 saturated carbocycles. The van der Waals surface area contributed by atoms with Gasteiger partial charge in [-0.25, -0.2) is 4.98 Å². The predicted molar refractivity (Wildman–Crippen MR) is 112 cm³/mol. The Hall–Kier alpha value is -3.19. The second kappa shape index (κ2) is 8.22. The molecule has 2 aromatic carbocycles. The molecule has 0 bridgehead atoms. The molecule has 1 aliphatic heterocycles. The first kappa shape index (κ1) is 18.2. The lowest BCUT2D eigenvalue weighted by atomic mass is 10.0. The molecule has 1 aromatic heterocycles. The Bertz CT molecular complexity index is 970. The Labute approximate surface area is 167 Å². The average molecular weight is 392 g/mol. The molecule has 7 heteroatoms. The van der Waals surface area contributed by atoms with E-state index in [2.05, 4.69) is 32.7 Å². The number of fused-ring (bicyclic) bond motifs is 1. The van der Waals surface area contributed by atoms with Gasteiger partial charge < -0.3 is 15.5 Å². The normalized spacial score (nSPS) is 12.9. The highest BCUT2D eigenvalue weighted by molar-refractivity contribution is 7.11. The minimum atomic E-state index is -0.240. The summed E-state index contributed by atoms with van der Waals surface area (Å²) in [6.45, 7) is 1.20. The maximum Gasteiger partial charge on any atom is 0.284 e. The van der Waals surface area contributed by atoms with Crippen LogP contribution in [0.1, 0.15) is 21.8 Å². The van der Waals surface area contributed by atoms with E-state index >= 15 is 0 Å². The number of nitrogens with one attached hydrogen (secondary N) is 2. The smallest absolute Gasteiger partial charge is 0.284 e. The monoisotopic (exact) mass is 392 g/mol. The number of benzene rings is 2. The molecule has 28 heavy (non-hydrogen) atoms. The molecule has 4 rings (SSSR count). The minimum absolute atomic E-state index is 0.0590. The Morgan fingerprint density at radius 3 is 2.54 bits per heavy atom. The van der Waals surface area contributed by atoms with Crippen LogP contribution in [0.25, 0.3) is 0 Å². The van der Waals surface area contributed by atoms with Crippen molar-refractivity contribution in [2.75, 3.05) is 28.6 Å². The van der Waals surface area contributed by atoms with Crippen LogP contribution < -0.4 is 15.5 Å². The quantitative estimate of drug-likeness (QED) is 0.693. The number of hydrogen-bond donors (Lipinski definition) is 2. The topological polar surface area (TPSA) is 74.3 Å². The van der Waals surface area contributed by atoms with Crippen molar-refractivity contribution >= 4 is 40.2 Å². The van der Waals surface area contributed by atoms with Gasteiger partial charge in [-0.3, -0.25) is 9.59 Å². The summed E-state index contributed by atoms with van der Waals surface area (Å²) < 4.78 is 0. The number of aryl methyl sites for hydroxylation is 1. The lowest BCUT2D eigenvalue weighted by Gasteiger charge is -2.30. The molecule has 2 amide bonds. The van der Waals surface area contributed by atoms with Crippen LogP contribution in [0.3, 0.4) is 0 Å². The molecule has 0 aliphatic carbocycles. The number of thiazole rings is 1. The maximum absolute atomic E-state index is 12.5. The van der Waals surface area contributed by atoms with Crippen LogP contribution in [-0.2, 0) is 11.2 Å². The molecule has 0 saturated heterocycles. The van der Waals surface area contributed by atoms with Crippen LogP contribution in [0.4, 0.5) is 17.1 Å². The number of anilines is 3. The number of carbonyl (C=O) groups excluding carboxylic acids is 2. The van der Waals surface area contributed by atoms with Gasteiger partial charge in [-0.05, 0) is 48.7 Å². The Balaban J connectivity index is 1.34. The fraction of sp³-hybridized carbons (Fsp3) is 0.190. The van der Waals surface area contributed by atoms with Gasteiger partial charge in [-0.1, -0.05) is 18.2 Å². The first-order chi connectivity index (χ1) is 13.7. The van der Waals surface area contributed by atoms with Gasteiger partial charge in [0.1, 0.15) is 0 Å². The van der Waals surface area contributed by atoms with Gasteiger partial charge in [-0.2, -0.15) is 0 Å². The van der Waals surface area contributed by atoms with Gasteiger partial charge in [0.05, 0.1) is 6.54 Å². The van der Waals surface area contributed by atoms with E-state index < -0.39 is 0 Å². The second-order valence-electron chi connectivity index (χ2n) is 6.57. The third-order valence-corrected chi connectivity index (χ3v) is 5.37. The molecule has 1 aliphatic rings. The SMILES string of the molecule is O=C(CN1CCCc2ccccc21)Nc1ccc(NC(=O)c2nccs2)cc1. The number of amides is 2. The van der Waals surface area contributed by atoms with Gasteiger partial charge in [0.25, 0.3) is 5.91 Å². The Morgan fingerprint density at radius 2 is 1.79 bits per heavy atom. The van der Waals surface area contributed by atoms with E-state index in [1.54, 1.807) is 35.8 Å². The molecule has 2 N–H and O–H groups in total. The van der Waals surface area contributed by atoms with Crippen molar-refractivity contribution < 1.29 is 9.59 Å². The van der Waals surface area contributed by atoms with Gasteiger partial charge in [0.2, 0.25) is 5.91 Å². The summed E-state index contributed by atoms with van der Waals surface area (Å²) in [5.41, 5.74) is 3.79. The molecule has 0 fully saturated rings. The molecule has 0 radical (unpaired) electrons. The highest BCUT2D eigenvalue weighted by atomic mass is 32.1. The van der Waals surface area contributed by atoms with E-state index in [-0.39, 0.29) is 11.8 Å². The lowest BCUT2D eigenvalue weighted by molar-refractivity contribution is -0.115. The minimum Gasteiger partial charge on any atom is -0.362 e. The lowest BCUT2D eigenvalue weighted by Crippen LogP contribution is -2.36. The van der Waals surface area contributed by atoms with E-state index in [0.29, 0.717) is 22.9 Å². The number of carbonyl (C=O) groups is 2. The van der Waals surface area contributed by atoms with Crippen molar-refractivity contribution in [1.82, 2.24) is 4.98 Å². The van der Waals surface area contributed by atoms with Crippen molar-refractivity contribution in [2.24, 2.45) is 0 Å². The van der Waals surface area contributed by atoms with E-state index in [1.807, 2.05) is 12.1 Å². The summed E-state index contributed by atoms with van der Waals surface area (Å²) in [4.78, 5) is 30.6. The number of rotatable bonds is 5. The third kappa shape index (κ3) is 4.20. The van der Waals surface area contributed by atoms with E-state index in [9.17, 15) is 9.59 Å². The molecule has 142 valence electrons. The molecule has 6 nitrogen and oxygen atoms in total. The van der Waals surface area contributed by atoms with Crippen molar-refractivity contribution in [1.29, 1.82) is 0 Å². The Morgan fingerprint density at radius 1 is 1.04 bits per heavy atom. The van der Waals surface area contributed by atoms with E-state index in [1.165, 1.54) is 16.9 Å². The number of para-hydroxylation sites is 1. The van der Waals surface area contributed by atoms with Gasteiger partial charge in [0.15, 0.2) is 5.01 Å². The maximum atomic E-state index is 12.5. The summed E-state index contributed by atoms with van der Waals surface area (Å²) in [5, 5.41) is 7.89. The summed E-state index contributed by atoms with van der Waals surface area (Å²) in [6, 6.07) is 15.3. The van der Waals surface area contributed by atoms with Gasteiger partial charge >= 0.3 is 0 Å². The van der Waals surface area contributed by atoms with Crippen LogP contribution in [0.15, 0.2) is 60.1 Å². The molecular formula is C21H20N4O2S. The second-order valence-corrected chi connectivity index (χ2v) is 7.47. The molecule has 2 heterocycles. The van der Waals surface area contributed by atoms with E-state index in [4.69, 9.17) is 0 Å². The highest BCUT2D eigenvalue weighted by Gasteiger charge is 2.18. The van der Waals surface area contributed by atoms with Gasteiger partial charge in [0, 0.05) is 35.2 Å². The standard InChI is InChI=1S/C21H20N4O2S/c26-19(14-25-12-3-5-15-4-1-2-6-18(15)25)23-16-7-9-17(10-8-16)24-20(27)21-22-11-13-28-21/h1-2,4,6-11,13H,3,5,12,14H2,(H,23,26)(H,24,27). The first-order valence-corrected chi connectivity index (χ1v) is 10.0. The summed E-state index contributed by atoms with van der Waals surface area (Å²) >= 11 is 1.29. The van der Waals surface area contributed by atoms with Crippen molar-refractivity contribution in [2.45, 2.75) is 12.8 Å². The number of nitrogens with zero attached hydrogens (tertiary/aromatic N) is 2. The largest absolute Gasteiger partial charge is 0.362 e. The average Bonchev–Trinajstić information content (AvgIpc) is 3.25. The fourth-order valence-electron chi connectivity index (χ4n) is 3.31. The van der Waals surface area contributed by atoms with Crippen LogP contribution in [0.5, 0.6) is 0 Å². The highest BCUT2D eigenvalue weighted by Crippen LogP contribution is 2.26. The van der Waals surface area contributed by atoms with Crippen molar-refractivity contribution in [3.63, 3.8) is 0 Å². The molecular weight excluding hydrogens is 372 g/mol. The zero-order chi connectivity index (χ0) is 19.3. The number of hydrogen-bond acceptors (Lipinski definition) is 5. The predicted octanol–water partition coefficient (Wildman–Crippen LogP) is 3.79. The molecule has 0 unspecified atom stereocenters. The number of aromatic nitrogens is 1. The summed E-state index contributed by atoms with van der Waals surface area (Å²) in [7, 11) is 0. The zero-order valence-electron chi connectivity index (χ0n) is 15.2. The van der Waals surface area contributed by atoms with Crippen molar-refractivity contribution in [3.05, 3.63) is 70.7 Å². The molecule has 3 aromatic rings. The Kier molecular flexibility index (Phi) is 5.34. The fourth-order valence-corrected chi connectivity index (χ4v) is 3.84.